The molecule has 4 nitrogen and oxygen atoms in total. The summed E-state index contributed by atoms with van der Waals surface area (Å²) in [6.45, 7) is 5.76. The SMILES string of the molecule is CCC1(CC)CNC(=O)C1NCc1cccc2cccnc12. The Balaban J connectivity index is 1.83. The van der Waals surface area contributed by atoms with Crippen LogP contribution in [0.5, 0.6) is 0 Å². The van der Waals surface area contributed by atoms with E-state index in [1.54, 1.807) is 0 Å². The van der Waals surface area contributed by atoms with Crippen LogP contribution in [0.15, 0.2) is 36.5 Å². The number of nitrogens with zero attached hydrogens (tertiary/aromatic N) is 1. The number of carbonyl (C=O) groups excluding carboxylic acids is 1. The highest BCUT2D eigenvalue weighted by molar-refractivity contribution is 5.85. The number of rotatable bonds is 5. The van der Waals surface area contributed by atoms with Gasteiger partial charge >= 0.3 is 0 Å². The quantitative estimate of drug-likeness (QED) is 0.892. The lowest BCUT2D eigenvalue weighted by Gasteiger charge is -2.31. The van der Waals surface area contributed by atoms with Crippen LogP contribution in [0.2, 0.25) is 0 Å². The van der Waals surface area contributed by atoms with Gasteiger partial charge in [0.1, 0.15) is 0 Å². The predicted molar refractivity (Wildman–Crippen MR) is 88.4 cm³/mol. The third-order valence-electron chi connectivity index (χ3n) is 5.11. The van der Waals surface area contributed by atoms with Gasteiger partial charge in [-0.2, -0.15) is 0 Å². The van der Waals surface area contributed by atoms with Crippen LogP contribution in [0.3, 0.4) is 0 Å². The Morgan fingerprint density at radius 1 is 1.27 bits per heavy atom. The summed E-state index contributed by atoms with van der Waals surface area (Å²) in [5, 5.41) is 7.63. The highest BCUT2D eigenvalue weighted by atomic mass is 16.2. The number of fused-ring (bicyclic) bond motifs is 1. The van der Waals surface area contributed by atoms with Gasteiger partial charge in [-0.3, -0.25) is 9.78 Å². The van der Waals surface area contributed by atoms with E-state index in [1.807, 2.05) is 18.3 Å². The number of benzene rings is 1. The number of hydrogen-bond donors (Lipinski definition) is 2. The van der Waals surface area contributed by atoms with Gasteiger partial charge in [0.2, 0.25) is 5.91 Å². The van der Waals surface area contributed by atoms with Gasteiger partial charge in [0.25, 0.3) is 0 Å². The number of nitrogens with one attached hydrogen (secondary N) is 2. The maximum Gasteiger partial charge on any atom is 0.237 e. The molecule has 0 aliphatic carbocycles. The third kappa shape index (κ3) is 2.48. The normalized spacial score (nSPS) is 20.3. The molecule has 1 unspecified atom stereocenters. The third-order valence-corrected chi connectivity index (χ3v) is 5.11. The van der Waals surface area contributed by atoms with Crippen LogP contribution < -0.4 is 10.6 Å². The number of hydrogen-bond acceptors (Lipinski definition) is 3. The number of pyridine rings is 1. The molecule has 0 spiro atoms. The minimum atomic E-state index is -0.124. The maximum absolute atomic E-state index is 12.2. The lowest BCUT2D eigenvalue weighted by molar-refractivity contribution is -0.122. The van der Waals surface area contributed by atoms with Gasteiger partial charge in [-0.15, -0.1) is 0 Å². The molecule has 1 aromatic carbocycles. The largest absolute Gasteiger partial charge is 0.354 e. The zero-order valence-electron chi connectivity index (χ0n) is 13.2. The Morgan fingerprint density at radius 2 is 2.05 bits per heavy atom. The van der Waals surface area contributed by atoms with Crippen molar-refractivity contribution in [1.29, 1.82) is 0 Å². The van der Waals surface area contributed by atoms with E-state index in [0.717, 1.165) is 35.9 Å². The molecule has 116 valence electrons. The molecule has 0 saturated carbocycles. The molecule has 22 heavy (non-hydrogen) atoms. The van der Waals surface area contributed by atoms with Crippen molar-refractivity contribution in [2.24, 2.45) is 5.41 Å². The molecular weight excluding hydrogens is 274 g/mol. The van der Waals surface area contributed by atoms with Gasteiger partial charge in [0.15, 0.2) is 0 Å². The fraction of sp³-hybridized carbons (Fsp3) is 0.444. The topological polar surface area (TPSA) is 54.0 Å². The minimum absolute atomic E-state index is 0.0229. The maximum atomic E-state index is 12.2. The summed E-state index contributed by atoms with van der Waals surface area (Å²) in [7, 11) is 0. The molecule has 2 heterocycles. The molecule has 4 heteroatoms. The minimum Gasteiger partial charge on any atom is -0.354 e. The smallest absolute Gasteiger partial charge is 0.237 e. The molecule has 1 aliphatic rings. The van der Waals surface area contributed by atoms with Crippen molar-refractivity contribution in [1.82, 2.24) is 15.6 Å². The Labute approximate surface area is 131 Å². The zero-order chi connectivity index (χ0) is 15.6. The second-order valence-electron chi connectivity index (χ2n) is 6.09. The van der Waals surface area contributed by atoms with E-state index < -0.39 is 0 Å². The molecule has 1 amide bonds. The number of para-hydroxylation sites is 1. The number of amides is 1. The predicted octanol–water partition coefficient (Wildman–Crippen LogP) is 2.63. The summed E-state index contributed by atoms with van der Waals surface area (Å²) in [5.74, 6) is 0.122. The average molecular weight is 297 g/mol. The Morgan fingerprint density at radius 3 is 2.82 bits per heavy atom. The summed E-state index contributed by atoms with van der Waals surface area (Å²) in [4.78, 5) is 16.7. The molecule has 1 saturated heterocycles. The Kier molecular flexibility index (Phi) is 4.12. The van der Waals surface area contributed by atoms with Crippen LogP contribution in [0.1, 0.15) is 32.3 Å². The highest BCUT2D eigenvalue weighted by Gasteiger charge is 2.45. The van der Waals surface area contributed by atoms with Crippen LogP contribution in [-0.2, 0) is 11.3 Å². The Bertz CT molecular complexity index is 674. The van der Waals surface area contributed by atoms with Crippen LogP contribution >= 0.6 is 0 Å². The van der Waals surface area contributed by atoms with Crippen molar-refractivity contribution in [3.63, 3.8) is 0 Å². The first-order chi connectivity index (χ1) is 10.7. The molecule has 2 aromatic rings. The molecule has 1 fully saturated rings. The standard InChI is InChI=1S/C18H23N3O/c1-3-18(4-2)12-21-17(22)16(18)20-11-14-8-5-7-13-9-6-10-19-15(13)14/h5-10,16,20H,3-4,11-12H2,1-2H3,(H,21,22). The van der Waals surface area contributed by atoms with Crippen LogP contribution in [0.4, 0.5) is 0 Å². The summed E-state index contributed by atoms with van der Waals surface area (Å²) < 4.78 is 0. The number of aromatic nitrogens is 1. The van der Waals surface area contributed by atoms with Crippen molar-refractivity contribution < 1.29 is 4.79 Å². The van der Waals surface area contributed by atoms with E-state index in [2.05, 4.69) is 47.7 Å². The van der Waals surface area contributed by atoms with E-state index in [1.165, 1.54) is 0 Å². The average Bonchev–Trinajstić information content (AvgIpc) is 2.89. The molecule has 0 bridgehead atoms. The Hall–Kier alpha value is -1.94. The summed E-state index contributed by atoms with van der Waals surface area (Å²) in [6, 6.07) is 10.1. The molecule has 1 aromatic heterocycles. The van der Waals surface area contributed by atoms with E-state index in [4.69, 9.17) is 0 Å². The molecule has 0 radical (unpaired) electrons. The van der Waals surface area contributed by atoms with E-state index in [-0.39, 0.29) is 17.4 Å². The highest BCUT2D eigenvalue weighted by Crippen LogP contribution is 2.34. The van der Waals surface area contributed by atoms with Gasteiger partial charge < -0.3 is 10.6 Å². The lowest BCUT2D eigenvalue weighted by Crippen LogP contribution is -2.45. The lowest BCUT2D eigenvalue weighted by atomic mass is 9.77. The van der Waals surface area contributed by atoms with Gasteiger partial charge in [0, 0.05) is 30.1 Å². The number of carbonyl (C=O) groups is 1. The summed E-state index contributed by atoms with van der Waals surface area (Å²) in [5.41, 5.74) is 2.17. The van der Waals surface area contributed by atoms with Crippen molar-refractivity contribution in [3.8, 4) is 0 Å². The first-order valence-electron chi connectivity index (χ1n) is 8.04. The second kappa shape index (κ2) is 6.05. The van der Waals surface area contributed by atoms with Crippen molar-refractivity contribution in [2.75, 3.05) is 6.54 Å². The van der Waals surface area contributed by atoms with Crippen LogP contribution in [0.25, 0.3) is 10.9 Å². The van der Waals surface area contributed by atoms with Crippen LogP contribution in [0, 0.1) is 5.41 Å². The van der Waals surface area contributed by atoms with Crippen molar-refractivity contribution in [3.05, 3.63) is 42.1 Å². The van der Waals surface area contributed by atoms with Gasteiger partial charge in [0.05, 0.1) is 11.6 Å². The van der Waals surface area contributed by atoms with E-state index >= 15 is 0 Å². The molecule has 2 N–H and O–H groups in total. The molecule has 3 rings (SSSR count). The van der Waals surface area contributed by atoms with Gasteiger partial charge in [-0.25, -0.2) is 0 Å². The van der Waals surface area contributed by atoms with Crippen molar-refractivity contribution in [2.45, 2.75) is 39.3 Å². The van der Waals surface area contributed by atoms with E-state index in [9.17, 15) is 4.79 Å². The molecular formula is C18H23N3O. The fourth-order valence-electron chi connectivity index (χ4n) is 3.48. The zero-order valence-corrected chi connectivity index (χ0v) is 13.2. The van der Waals surface area contributed by atoms with E-state index in [0.29, 0.717) is 6.54 Å². The van der Waals surface area contributed by atoms with Gasteiger partial charge in [-0.05, 0) is 24.5 Å². The second-order valence-corrected chi connectivity index (χ2v) is 6.09. The monoisotopic (exact) mass is 297 g/mol. The van der Waals surface area contributed by atoms with Gasteiger partial charge in [-0.1, -0.05) is 38.1 Å². The molecule has 1 atom stereocenters. The fourth-order valence-corrected chi connectivity index (χ4v) is 3.48. The first kappa shape index (κ1) is 15.0. The first-order valence-corrected chi connectivity index (χ1v) is 8.04. The summed E-state index contributed by atoms with van der Waals surface area (Å²) >= 11 is 0. The molecule has 1 aliphatic heterocycles. The van der Waals surface area contributed by atoms with Crippen LogP contribution in [-0.4, -0.2) is 23.5 Å². The summed E-state index contributed by atoms with van der Waals surface area (Å²) in [6.07, 6.45) is 3.80. The van der Waals surface area contributed by atoms with Crippen molar-refractivity contribution >= 4 is 16.8 Å².